The Morgan fingerprint density at radius 3 is 2.87 bits per heavy atom. The van der Waals surface area contributed by atoms with E-state index in [1.54, 1.807) is 6.20 Å². The molecule has 2 rings (SSSR count). The SMILES string of the molecule is CCn1ncc(NC2(C)CC2)c(Cl)c1=O. The zero-order chi connectivity index (χ0) is 11.1. The van der Waals surface area contributed by atoms with Crippen molar-refractivity contribution < 1.29 is 0 Å². The molecular formula is C10H14ClN3O. The molecule has 0 amide bonds. The lowest BCUT2D eigenvalue weighted by Gasteiger charge is -2.14. The molecule has 1 aromatic rings. The van der Waals surface area contributed by atoms with Crippen LogP contribution >= 0.6 is 11.6 Å². The molecule has 1 saturated carbocycles. The Kier molecular flexibility index (Phi) is 2.46. The van der Waals surface area contributed by atoms with Gasteiger partial charge >= 0.3 is 0 Å². The number of hydrogen-bond acceptors (Lipinski definition) is 3. The minimum absolute atomic E-state index is 0.107. The van der Waals surface area contributed by atoms with E-state index in [0.717, 1.165) is 12.8 Å². The monoisotopic (exact) mass is 227 g/mol. The van der Waals surface area contributed by atoms with E-state index >= 15 is 0 Å². The highest BCUT2D eigenvalue weighted by Gasteiger charge is 2.37. The summed E-state index contributed by atoms with van der Waals surface area (Å²) in [6.07, 6.45) is 3.84. The summed E-state index contributed by atoms with van der Waals surface area (Å²) in [6, 6.07) is 0. The summed E-state index contributed by atoms with van der Waals surface area (Å²) < 4.78 is 1.35. The van der Waals surface area contributed by atoms with Crippen LogP contribution in [0.1, 0.15) is 26.7 Å². The molecule has 15 heavy (non-hydrogen) atoms. The smallest absolute Gasteiger partial charge is 0.287 e. The second-order valence-corrected chi connectivity index (χ2v) is 4.56. The van der Waals surface area contributed by atoms with Gasteiger partial charge in [-0.1, -0.05) is 11.6 Å². The van der Waals surface area contributed by atoms with Gasteiger partial charge in [-0.05, 0) is 26.7 Å². The third-order valence-corrected chi connectivity index (χ3v) is 3.09. The number of aryl methyl sites for hydroxylation is 1. The van der Waals surface area contributed by atoms with E-state index in [0.29, 0.717) is 12.2 Å². The average molecular weight is 228 g/mol. The maximum absolute atomic E-state index is 11.7. The van der Waals surface area contributed by atoms with E-state index in [-0.39, 0.29) is 16.1 Å². The Hall–Kier alpha value is -1.03. The minimum Gasteiger partial charge on any atom is -0.377 e. The molecule has 1 aliphatic rings. The summed E-state index contributed by atoms with van der Waals surface area (Å²) in [5.41, 5.74) is 0.524. The van der Waals surface area contributed by atoms with Gasteiger partial charge in [0.1, 0.15) is 5.02 Å². The van der Waals surface area contributed by atoms with Crippen LogP contribution in [0.4, 0.5) is 5.69 Å². The van der Waals surface area contributed by atoms with E-state index in [1.807, 2.05) is 6.92 Å². The molecule has 5 heteroatoms. The molecule has 4 nitrogen and oxygen atoms in total. The molecule has 0 aliphatic heterocycles. The van der Waals surface area contributed by atoms with Crippen molar-refractivity contribution in [1.82, 2.24) is 9.78 Å². The molecule has 0 radical (unpaired) electrons. The molecule has 0 spiro atoms. The molecule has 0 unspecified atom stereocenters. The highest BCUT2D eigenvalue weighted by molar-refractivity contribution is 6.32. The molecule has 1 aliphatic carbocycles. The van der Waals surface area contributed by atoms with Crippen LogP contribution in [0.2, 0.25) is 5.02 Å². The highest BCUT2D eigenvalue weighted by Crippen LogP contribution is 2.38. The van der Waals surface area contributed by atoms with Gasteiger partial charge in [0.25, 0.3) is 5.56 Å². The van der Waals surface area contributed by atoms with Crippen molar-refractivity contribution in [3.05, 3.63) is 21.6 Å². The fraction of sp³-hybridized carbons (Fsp3) is 0.600. The quantitative estimate of drug-likeness (QED) is 0.858. The Bertz CT molecular complexity index is 437. The van der Waals surface area contributed by atoms with Gasteiger partial charge in [0.15, 0.2) is 0 Å². The highest BCUT2D eigenvalue weighted by atomic mass is 35.5. The fourth-order valence-electron chi connectivity index (χ4n) is 1.42. The van der Waals surface area contributed by atoms with E-state index in [1.165, 1.54) is 4.68 Å². The molecule has 1 aromatic heterocycles. The van der Waals surface area contributed by atoms with Crippen LogP contribution in [0.5, 0.6) is 0 Å². The van der Waals surface area contributed by atoms with Crippen LogP contribution in [0.3, 0.4) is 0 Å². The van der Waals surface area contributed by atoms with Gasteiger partial charge in [-0.3, -0.25) is 4.79 Å². The molecule has 1 N–H and O–H groups in total. The van der Waals surface area contributed by atoms with Crippen LogP contribution in [-0.2, 0) is 6.54 Å². The second kappa shape index (κ2) is 3.52. The van der Waals surface area contributed by atoms with Gasteiger partial charge in [0.05, 0.1) is 11.9 Å². The standard InChI is InChI=1S/C10H14ClN3O/c1-3-14-9(15)8(11)7(6-12-14)13-10(2)4-5-10/h6,13H,3-5H2,1-2H3. The number of rotatable bonds is 3. The average Bonchev–Trinajstić information content (AvgIpc) is 2.92. The number of nitrogens with one attached hydrogen (secondary N) is 1. The summed E-state index contributed by atoms with van der Waals surface area (Å²) in [6.45, 7) is 4.50. The van der Waals surface area contributed by atoms with Crippen LogP contribution in [0.15, 0.2) is 11.0 Å². The minimum atomic E-state index is -0.228. The van der Waals surface area contributed by atoms with Crippen LogP contribution in [-0.4, -0.2) is 15.3 Å². The first-order chi connectivity index (χ1) is 7.06. The fourth-order valence-corrected chi connectivity index (χ4v) is 1.61. The van der Waals surface area contributed by atoms with Gasteiger partial charge in [0.2, 0.25) is 0 Å². The Labute approximate surface area is 93.2 Å². The molecule has 82 valence electrons. The number of nitrogens with zero attached hydrogens (tertiary/aromatic N) is 2. The van der Waals surface area contributed by atoms with Gasteiger partial charge in [-0.25, -0.2) is 4.68 Å². The van der Waals surface area contributed by atoms with Crippen molar-refractivity contribution in [3.8, 4) is 0 Å². The van der Waals surface area contributed by atoms with Gasteiger partial charge in [-0.15, -0.1) is 0 Å². The van der Waals surface area contributed by atoms with Crippen LogP contribution in [0, 0.1) is 0 Å². The summed E-state index contributed by atoms with van der Waals surface area (Å²) in [4.78, 5) is 11.7. The van der Waals surface area contributed by atoms with Gasteiger partial charge in [0, 0.05) is 12.1 Å². The lowest BCUT2D eigenvalue weighted by atomic mass is 10.3. The molecule has 0 atom stereocenters. The molecule has 1 heterocycles. The largest absolute Gasteiger partial charge is 0.377 e. The molecule has 0 aromatic carbocycles. The Morgan fingerprint density at radius 1 is 1.67 bits per heavy atom. The Morgan fingerprint density at radius 2 is 2.33 bits per heavy atom. The molecule has 0 bridgehead atoms. The number of halogens is 1. The maximum atomic E-state index is 11.7. The summed E-state index contributed by atoms with van der Waals surface area (Å²) in [5.74, 6) is 0. The lowest BCUT2D eigenvalue weighted by Crippen LogP contribution is -2.25. The zero-order valence-corrected chi connectivity index (χ0v) is 9.64. The van der Waals surface area contributed by atoms with Crippen LogP contribution in [0.25, 0.3) is 0 Å². The number of aromatic nitrogens is 2. The van der Waals surface area contributed by atoms with E-state index in [2.05, 4.69) is 17.3 Å². The van der Waals surface area contributed by atoms with E-state index < -0.39 is 0 Å². The maximum Gasteiger partial charge on any atom is 0.287 e. The zero-order valence-electron chi connectivity index (χ0n) is 8.88. The third-order valence-electron chi connectivity index (χ3n) is 2.72. The topological polar surface area (TPSA) is 46.9 Å². The van der Waals surface area contributed by atoms with Gasteiger partial charge in [-0.2, -0.15) is 5.10 Å². The molecule has 1 fully saturated rings. The molecular weight excluding hydrogens is 214 g/mol. The van der Waals surface area contributed by atoms with Crippen molar-refractivity contribution in [2.45, 2.75) is 38.8 Å². The van der Waals surface area contributed by atoms with Crippen molar-refractivity contribution in [3.63, 3.8) is 0 Å². The first-order valence-electron chi connectivity index (χ1n) is 5.09. The summed E-state index contributed by atoms with van der Waals surface area (Å²) in [5, 5.41) is 7.51. The Balaban J connectivity index is 2.33. The number of hydrogen-bond donors (Lipinski definition) is 1. The summed E-state index contributed by atoms with van der Waals surface area (Å²) >= 11 is 5.98. The predicted molar refractivity (Wildman–Crippen MR) is 60.4 cm³/mol. The first-order valence-corrected chi connectivity index (χ1v) is 5.47. The third kappa shape index (κ3) is 2.00. The van der Waals surface area contributed by atoms with E-state index in [4.69, 9.17) is 11.6 Å². The van der Waals surface area contributed by atoms with Crippen molar-refractivity contribution >= 4 is 17.3 Å². The number of anilines is 1. The van der Waals surface area contributed by atoms with Crippen molar-refractivity contribution in [1.29, 1.82) is 0 Å². The predicted octanol–water partition coefficient (Wildman–Crippen LogP) is 1.88. The van der Waals surface area contributed by atoms with Gasteiger partial charge < -0.3 is 5.32 Å². The lowest BCUT2D eigenvalue weighted by molar-refractivity contribution is 0.615. The van der Waals surface area contributed by atoms with Crippen molar-refractivity contribution in [2.75, 3.05) is 5.32 Å². The molecule has 0 saturated heterocycles. The van der Waals surface area contributed by atoms with Crippen LogP contribution < -0.4 is 10.9 Å². The van der Waals surface area contributed by atoms with Crippen molar-refractivity contribution in [2.24, 2.45) is 0 Å². The summed E-state index contributed by atoms with van der Waals surface area (Å²) in [7, 11) is 0. The first kappa shape index (κ1) is 10.5. The normalized spacial score (nSPS) is 17.5. The van der Waals surface area contributed by atoms with E-state index in [9.17, 15) is 4.79 Å². The second-order valence-electron chi connectivity index (χ2n) is 4.18.